The summed E-state index contributed by atoms with van der Waals surface area (Å²) in [4.78, 5) is 24.5. The van der Waals surface area contributed by atoms with Gasteiger partial charge in [-0.3, -0.25) is 9.13 Å². The lowest BCUT2D eigenvalue weighted by Gasteiger charge is -2.13. The Morgan fingerprint density at radius 3 is 2.40 bits per heavy atom. The summed E-state index contributed by atoms with van der Waals surface area (Å²) in [6.45, 7) is 7.68. The molecule has 0 saturated carbocycles. The van der Waals surface area contributed by atoms with Gasteiger partial charge in [0.2, 0.25) is 0 Å². The van der Waals surface area contributed by atoms with E-state index in [4.69, 9.17) is 0 Å². The van der Waals surface area contributed by atoms with Crippen molar-refractivity contribution in [2.75, 3.05) is 0 Å². The second-order valence-corrected chi connectivity index (χ2v) is 7.83. The summed E-state index contributed by atoms with van der Waals surface area (Å²) in [5.74, 6) is -0.630. The van der Waals surface area contributed by atoms with Crippen LogP contribution in [-0.4, -0.2) is 20.2 Å². The maximum atomic E-state index is 13.0. The zero-order valence-corrected chi connectivity index (χ0v) is 18.0. The van der Waals surface area contributed by atoms with Crippen molar-refractivity contribution in [2.45, 2.75) is 59.0 Å². The molecule has 0 aliphatic rings. The minimum atomic E-state index is -0.937. The van der Waals surface area contributed by atoms with Gasteiger partial charge in [0.15, 0.2) is 0 Å². The highest BCUT2D eigenvalue weighted by Gasteiger charge is 2.16. The van der Waals surface area contributed by atoms with Crippen LogP contribution in [-0.2, 0) is 13.1 Å². The van der Waals surface area contributed by atoms with E-state index >= 15 is 0 Å². The van der Waals surface area contributed by atoms with Crippen LogP contribution in [0.4, 0.5) is 0 Å². The van der Waals surface area contributed by atoms with Crippen molar-refractivity contribution in [1.29, 1.82) is 0 Å². The molecule has 1 aromatic heterocycles. The van der Waals surface area contributed by atoms with Gasteiger partial charge in [0.05, 0.1) is 12.1 Å². The zero-order chi connectivity index (χ0) is 21.7. The molecule has 0 aliphatic carbocycles. The lowest BCUT2D eigenvalue weighted by Crippen LogP contribution is -2.26. The van der Waals surface area contributed by atoms with Gasteiger partial charge >= 0.3 is 11.7 Å². The molecule has 2 aromatic carbocycles. The van der Waals surface area contributed by atoms with Gasteiger partial charge in [0.25, 0.3) is 0 Å². The van der Waals surface area contributed by atoms with Crippen LogP contribution in [0.25, 0.3) is 11.1 Å². The number of carboxylic acid groups (broad SMARTS) is 1. The molecular weight excluding hydrogens is 376 g/mol. The summed E-state index contributed by atoms with van der Waals surface area (Å²) < 4.78 is 3.71. The molecular formula is C25H30N2O3. The first-order valence-electron chi connectivity index (χ1n) is 10.7. The van der Waals surface area contributed by atoms with Crippen molar-refractivity contribution < 1.29 is 9.90 Å². The topological polar surface area (TPSA) is 64.2 Å². The number of hydrogen-bond donors (Lipinski definition) is 1. The highest BCUT2D eigenvalue weighted by molar-refractivity contribution is 5.95. The summed E-state index contributed by atoms with van der Waals surface area (Å²) in [5.41, 5.74) is 3.96. The maximum Gasteiger partial charge on any atom is 0.336 e. The molecule has 0 saturated heterocycles. The number of rotatable bonds is 9. The second-order valence-electron chi connectivity index (χ2n) is 7.83. The Labute approximate surface area is 177 Å². The third kappa shape index (κ3) is 4.56. The van der Waals surface area contributed by atoms with Crippen LogP contribution in [0.2, 0.25) is 0 Å². The number of benzene rings is 2. The lowest BCUT2D eigenvalue weighted by atomic mass is 9.98. The predicted molar refractivity (Wildman–Crippen MR) is 120 cm³/mol. The van der Waals surface area contributed by atoms with Gasteiger partial charge < -0.3 is 5.11 Å². The van der Waals surface area contributed by atoms with E-state index in [-0.39, 0.29) is 11.3 Å². The summed E-state index contributed by atoms with van der Waals surface area (Å²) >= 11 is 0. The fourth-order valence-electron chi connectivity index (χ4n) is 3.69. The van der Waals surface area contributed by atoms with Crippen LogP contribution < -0.4 is 5.69 Å². The third-order valence-corrected chi connectivity index (χ3v) is 5.71. The number of unbranched alkanes of at least 4 members (excludes halogenated alkanes) is 1. The summed E-state index contributed by atoms with van der Waals surface area (Å²) in [7, 11) is 0. The Bertz CT molecular complexity index is 1060. The molecule has 1 atom stereocenters. The molecule has 0 aliphatic heterocycles. The highest BCUT2D eigenvalue weighted by Crippen LogP contribution is 2.25. The van der Waals surface area contributed by atoms with Gasteiger partial charge in [-0.15, -0.1) is 0 Å². The predicted octanol–water partition coefficient (Wildman–Crippen LogP) is 5.38. The Morgan fingerprint density at radius 1 is 1.07 bits per heavy atom. The van der Waals surface area contributed by atoms with Gasteiger partial charge in [-0.2, -0.15) is 0 Å². The molecule has 3 rings (SSSR count). The molecule has 3 aromatic rings. The van der Waals surface area contributed by atoms with Crippen molar-refractivity contribution >= 4 is 5.97 Å². The van der Waals surface area contributed by atoms with E-state index in [9.17, 15) is 14.7 Å². The van der Waals surface area contributed by atoms with Crippen molar-refractivity contribution in [3.05, 3.63) is 82.0 Å². The van der Waals surface area contributed by atoms with Crippen molar-refractivity contribution in [2.24, 2.45) is 0 Å². The minimum absolute atomic E-state index is 0.0408. The molecule has 1 N–H and O–H groups in total. The molecule has 1 heterocycles. The number of carbonyl (C=O) groups is 1. The van der Waals surface area contributed by atoms with Crippen LogP contribution in [0.1, 0.15) is 67.6 Å². The first-order valence-corrected chi connectivity index (χ1v) is 10.7. The Balaban J connectivity index is 1.91. The molecule has 0 bridgehead atoms. The summed E-state index contributed by atoms with van der Waals surface area (Å²) in [6, 6.07) is 14.8. The van der Waals surface area contributed by atoms with Crippen LogP contribution in [0.5, 0.6) is 0 Å². The number of aromatic carboxylic acids is 1. The van der Waals surface area contributed by atoms with Gasteiger partial charge in [-0.25, -0.2) is 9.59 Å². The van der Waals surface area contributed by atoms with Gasteiger partial charge in [-0.1, -0.05) is 69.7 Å². The molecule has 0 fully saturated rings. The number of imidazole rings is 1. The van der Waals surface area contributed by atoms with Crippen LogP contribution in [0, 0.1) is 0 Å². The van der Waals surface area contributed by atoms with E-state index < -0.39 is 5.97 Å². The second kappa shape index (κ2) is 9.61. The summed E-state index contributed by atoms with van der Waals surface area (Å²) in [6.07, 6.45) is 5.03. The van der Waals surface area contributed by atoms with Gasteiger partial charge in [0.1, 0.15) is 0 Å². The molecule has 0 amide bonds. The largest absolute Gasteiger partial charge is 0.478 e. The van der Waals surface area contributed by atoms with Crippen LogP contribution in [0.15, 0.2) is 59.5 Å². The monoisotopic (exact) mass is 406 g/mol. The fraction of sp³-hybridized carbons (Fsp3) is 0.360. The fourth-order valence-corrected chi connectivity index (χ4v) is 3.69. The normalized spacial score (nSPS) is 12.1. The average Bonchev–Trinajstić information content (AvgIpc) is 3.07. The standard InChI is InChI=1S/C25H30N2O3/c1-4-6-15-26-17-23(18(3)5-2)27(25(26)30)16-19-11-13-20(14-12-19)21-9-7-8-10-22(21)24(28)29/h7-14,17-18H,4-6,15-16H2,1-3H3,(H,28,29). The van der Waals surface area contributed by atoms with Gasteiger partial charge in [0, 0.05) is 18.4 Å². The van der Waals surface area contributed by atoms with E-state index in [0.29, 0.717) is 18.0 Å². The Kier molecular flexibility index (Phi) is 6.93. The average molecular weight is 407 g/mol. The van der Waals surface area contributed by atoms with E-state index in [0.717, 1.165) is 42.6 Å². The van der Waals surface area contributed by atoms with Crippen molar-refractivity contribution in [3.8, 4) is 11.1 Å². The van der Waals surface area contributed by atoms with E-state index in [1.807, 2.05) is 51.7 Å². The number of hydrogen-bond acceptors (Lipinski definition) is 2. The van der Waals surface area contributed by atoms with E-state index in [1.165, 1.54) is 0 Å². The zero-order valence-electron chi connectivity index (χ0n) is 18.0. The summed E-state index contributed by atoms with van der Waals surface area (Å²) in [5, 5.41) is 9.44. The SMILES string of the molecule is CCCCn1cc(C(C)CC)n(Cc2ccc(-c3ccccc3C(=O)O)cc2)c1=O. The molecule has 0 spiro atoms. The molecule has 1 unspecified atom stereocenters. The number of aryl methyl sites for hydroxylation is 1. The molecule has 5 heteroatoms. The van der Waals surface area contributed by atoms with E-state index in [2.05, 4.69) is 20.8 Å². The number of nitrogens with zero attached hydrogens (tertiary/aromatic N) is 2. The number of aromatic nitrogens is 2. The molecule has 5 nitrogen and oxygen atoms in total. The quantitative estimate of drug-likeness (QED) is 0.519. The van der Waals surface area contributed by atoms with Gasteiger partial charge in [-0.05, 0) is 41.5 Å². The molecule has 158 valence electrons. The molecule has 0 radical (unpaired) electrons. The Hall–Kier alpha value is -3.08. The first-order chi connectivity index (χ1) is 14.5. The molecule has 30 heavy (non-hydrogen) atoms. The van der Waals surface area contributed by atoms with Crippen molar-refractivity contribution in [3.63, 3.8) is 0 Å². The highest BCUT2D eigenvalue weighted by atomic mass is 16.4. The van der Waals surface area contributed by atoms with Crippen LogP contribution >= 0.6 is 0 Å². The van der Waals surface area contributed by atoms with Crippen LogP contribution in [0.3, 0.4) is 0 Å². The lowest BCUT2D eigenvalue weighted by molar-refractivity contribution is 0.0697. The van der Waals surface area contributed by atoms with Crippen molar-refractivity contribution in [1.82, 2.24) is 9.13 Å². The smallest absolute Gasteiger partial charge is 0.336 e. The van der Waals surface area contributed by atoms with E-state index in [1.54, 1.807) is 12.1 Å². The Morgan fingerprint density at radius 2 is 1.77 bits per heavy atom. The first kappa shape index (κ1) is 21.6. The maximum absolute atomic E-state index is 13.0. The third-order valence-electron chi connectivity index (χ3n) is 5.71. The minimum Gasteiger partial charge on any atom is -0.478 e. The number of carboxylic acids is 1.